The van der Waals surface area contributed by atoms with Crippen LogP contribution in [0.1, 0.15) is 19.8 Å². The standard InChI is InChI=1S/C14H16ClNO8S/c1-9(14(17)23-8-10-3-2-6-22-10)24-25(20,21)11-4-5-12(15)13(7-11)16(18)19/h4-5,7,9-10H,2-3,6,8H2,1H3. The minimum atomic E-state index is -4.41. The summed E-state index contributed by atoms with van der Waals surface area (Å²) in [5.41, 5.74) is -0.583. The van der Waals surface area contributed by atoms with Crippen LogP contribution in [0.2, 0.25) is 5.02 Å². The van der Waals surface area contributed by atoms with Crippen molar-refractivity contribution in [1.29, 1.82) is 0 Å². The van der Waals surface area contributed by atoms with Gasteiger partial charge in [0.15, 0.2) is 6.10 Å². The highest BCUT2D eigenvalue weighted by molar-refractivity contribution is 7.86. The van der Waals surface area contributed by atoms with E-state index in [4.69, 9.17) is 25.3 Å². The topological polar surface area (TPSA) is 122 Å². The largest absolute Gasteiger partial charge is 0.461 e. The molecular formula is C14H16ClNO8S. The number of hydrogen-bond donors (Lipinski definition) is 0. The van der Waals surface area contributed by atoms with Gasteiger partial charge < -0.3 is 9.47 Å². The van der Waals surface area contributed by atoms with Gasteiger partial charge in [0.05, 0.1) is 11.0 Å². The molecule has 2 rings (SSSR count). The van der Waals surface area contributed by atoms with Crippen molar-refractivity contribution < 1.29 is 31.8 Å². The maximum atomic E-state index is 12.2. The van der Waals surface area contributed by atoms with E-state index in [0.29, 0.717) is 6.61 Å². The SMILES string of the molecule is CC(OS(=O)(=O)c1ccc(Cl)c([N+](=O)[O-])c1)C(=O)OCC1CCCO1. The minimum Gasteiger partial charge on any atom is -0.461 e. The van der Waals surface area contributed by atoms with E-state index in [0.717, 1.165) is 31.0 Å². The smallest absolute Gasteiger partial charge is 0.336 e. The average Bonchev–Trinajstić information content (AvgIpc) is 3.05. The molecule has 25 heavy (non-hydrogen) atoms. The molecule has 0 bridgehead atoms. The summed E-state index contributed by atoms with van der Waals surface area (Å²) in [7, 11) is -4.41. The van der Waals surface area contributed by atoms with Crippen LogP contribution < -0.4 is 0 Å². The van der Waals surface area contributed by atoms with Gasteiger partial charge in [0.1, 0.15) is 16.5 Å². The summed E-state index contributed by atoms with van der Waals surface area (Å²) in [4.78, 5) is 21.4. The van der Waals surface area contributed by atoms with Crippen molar-refractivity contribution >= 4 is 33.4 Å². The molecule has 0 aliphatic carbocycles. The van der Waals surface area contributed by atoms with Gasteiger partial charge >= 0.3 is 5.97 Å². The van der Waals surface area contributed by atoms with Crippen molar-refractivity contribution in [2.75, 3.05) is 13.2 Å². The van der Waals surface area contributed by atoms with Crippen molar-refractivity contribution in [3.63, 3.8) is 0 Å². The molecule has 0 saturated carbocycles. The van der Waals surface area contributed by atoms with E-state index in [2.05, 4.69) is 0 Å². The van der Waals surface area contributed by atoms with Gasteiger partial charge in [0, 0.05) is 12.7 Å². The predicted molar refractivity (Wildman–Crippen MR) is 85.8 cm³/mol. The van der Waals surface area contributed by atoms with E-state index in [1.807, 2.05) is 0 Å². The third-order valence-corrected chi connectivity index (χ3v) is 5.13. The Kier molecular flexibility index (Phi) is 6.33. The van der Waals surface area contributed by atoms with Crippen molar-refractivity contribution in [1.82, 2.24) is 0 Å². The lowest BCUT2D eigenvalue weighted by Crippen LogP contribution is -2.29. The van der Waals surface area contributed by atoms with Gasteiger partial charge in [-0.1, -0.05) is 11.6 Å². The Labute approximate surface area is 149 Å². The second kappa shape index (κ2) is 8.09. The molecule has 11 heteroatoms. The Balaban J connectivity index is 2.03. The molecule has 1 aromatic carbocycles. The van der Waals surface area contributed by atoms with Crippen LogP contribution in [0.5, 0.6) is 0 Å². The number of nitrogens with zero attached hydrogens (tertiary/aromatic N) is 1. The maximum Gasteiger partial charge on any atom is 0.336 e. The van der Waals surface area contributed by atoms with Gasteiger partial charge in [-0.3, -0.25) is 14.3 Å². The molecule has 1 heterocycles. The number of esters is 1. The highest BCUT2D eigenvalue weighted by Gasteiger charge is 2.28. The van der Waals surface area contributed by atoms with Crippen LogP contribution in [0.3, 0.4) is 0 Å². The fraction of sp³-hybridized carbons (Fsp3) is 0.500. The molecule has 0 aromatic heterocycles. The van der Waals surface area contributed by atoms with Crippen LogP contribution in [0, 0.1) is 10.1 Å². The number of halogens is 1. The number of rotatable bonds is 7. The van der Waals surface area contributed by atoms with E-state index in [1.54, 1.807) is 0 Å². The maximum absolute atomic E-state index is 12.2. The van der Waals surface area contributed by atoms with Crippen molar-refractivity contribution in [3.05, 3.63) is 33.3 Å². The first kappa shape index (κ1) is 19.6. The van der Waals surface area contributed by atoms with Gasteiger partial charge in [-0.25, -0.2) is 4.79 Å². The molecule has 2 atom stereocenters. The molecular weight excluding hydrogens is 378 g/mol. The Bertz CT molecular complexity index is 760. The molecule has 1 aliphatic rings. The van der Waals surface area contributed by atoms with Crippen LogP contribution in [0.4, 0.5) is 5.69 Å². The Morgan fingerprint density at radius 1 is 1.52 bits per heavy atom. The third-order valence-electron chi connectivity index (χ3n) is 3.44. The number of nitro benzene ring substituents is 1. The Morgan fingerprint density at radius 2 is 2.24 bits per heavy atom. The van der Waals surface area contributed by atoms with Gasteiger partial charge in [0.25, 0.3) is 15.8 Å². The molecule has 9 nitrogen and oxygen atoms in total. The molecule has 1 aromatic rings. The zero-order valence-electron chi connectivity index (χ0n) is 13.2. The van der Waals surface area contributed by atoms with Gasteiger partial charge in [-0.15, -0.1) is 0 Å². The first-order valence-corrected chi connectivity index (χ1v) is 9.15. The summed E-state index contributed by atoms with van der Waals surface area (Å²) in [6.07, 6.45) is 0.0144. The third kappa shape index (κ3) is 5.11. The summed E-state index contributed by atoms with van der Waals surface area (Å²) in [5, 5.41) is 10.6. The predicted octanol–water partition coefficient (Wildman–Crippen LogP) is 2.06. The number of carbonyl (C=O) groups is 1. The van der Waals surface area contributed by atoms with E-state index in [-0.39, 0.29) is 17.7 Å². The number of benzene rings is 1. The summed E-state index contributed by atoms with van der Waals surface area (Å²) in [5.74, 6) is -0.873. The minimum absolute atomic E-state index is 0.0129. The molecule has 0 N–H and O–H groups in total. The quantitative estimate of drug-likeness (QED) is 0.298. The highest BCUT2D eigenvalue weighted by Crippen LogP contribution is 2.28. The zero-order chi connectivity index (χ0) is 18.6. The van der Waals surface area contributed by atoms with Crippen molar-refractivity contribution in [3.8, 4) is 0 Å². The molecule has 1 aliphatic heterocycles. The fourth-order valence-electron chi connectivity index (χ4n) is 2.14. The van der Waals surface area contributed by atoms with E-state index in [1.165, 1.54) is 6.92 Å². The summed E-state index contributed by atoms with van der Waals surface area (Å²) < 4.78 is 39.4. The Morgan fingerprint density at radius 3 is 2.84 bits per heavy atom. The molecule has 0 spiro atoms. The van der Waals surface area contributed by atoms with Crippen LogP contribution in [-0.2, 0) is 28.6 Å². The molecule has 1 saturated heterocycles. The lowest BCUT2D eigenvalue weighted by molar-refractivity contribution is -0.384. The molecule has 0 amide bonds. The number of ether oxygens (including phenoxy) is 2. The van der Waals surface area contributed by atoms with Crippen LogP contribution in [-0.4, -0.2) is 44.7 Å². The van der Waals surface area contributed by atoms with Crippen molar-refractivity contribution in [2.24, 2.45) is 0 Å². The lowest BCUT2D eigenvalue weighted by atomic mass is 10.2. The average molecular weight is 394 g/mol. The summed E-state index contributed by atoms with van der Waals surface area (Å²) in [6.45, 7) is 1.82. The first-order chi connectivity index (χ1) is 11.7. The normalized spacial score (nSPS) is 18.7. The zero-order valence-corrected chi connectivity index (χ0v) is 14.8. The monoisotopic (exact) mass is 393 g/mol. The number of nitro groups is 1. The number of hydrogen-bond acceptors (Lipinski definition) is 8. The van der Waals surface area contributed by atoms with E-state index >= 15 is 0 Å². The number of carbonyl (C=O) groups excluding carboxylic acids is 1. The summed E-state index contributed by atoms with van der Waals surface area (Å²) in [6, 6.07) is 2.88. The summed E-state index contributed by atoms with van der Waals surface area (Å²) >= 11 is 5.64. The van der Waals surface area contributed by atoms with Gasteiger partial charge in [-0.2, -0.15) is 8.42 Å². The molecule has 0 radical (unpaired) electrons. The van der Waals surface area contributed by atoms with E-state index < -0.39 is 37.7 Å². The first-order valence-electron chi connectivity index (χ1n) is 7.36. The Hall–Kier alpha value is -1.75. The van der Waals surface area contributed by atoms with Crippen molar-refractivity contribution in [2.45, 2.75) is 36.9 Å². The van der Waals surface area contributed by atoms with Gasteiger partial charge in [0.2, 0.25) is 0 Å². The van der Waals surface area contributed by atoms with Gasteiger partial charge in [-0.05, 0) is 31.9 Å². The van der Waals surface area contributed by atoms with E-state index in [9.17, 15) is 23.3 Å². The molecule has 138 valence electrons. The highest BCUT2D eigenvalue weighted by atomic mass is 35.5. The molecule has 1 fully saturated rings. The second-order valence-electron chi connectivity index (χ2n) is 5.33. The van der Waals surface area contributed by atoms with Crippen LogP contribution in [0.25, 0.3) is 0 Å². The van der Waals surface area contributed by atoms with Crippen LogP contribution in [0.15, 0.2) is 23.1 Å². The van der Waals surface area contributed by atoms with Crippen LogP contribution >= 0.6 is 11.6 Å². The fourth-order valence-corrected chi connectivity index (χ4v) is 3.39. The lowest BCUT2D eigenvalue weighted by Gasteiger charge is -2.15. The molecule has 2 unspecified atom stereocenters. The second-order valence-corrected chi connectivity index (χ2v) is 7.31.